The van der Waals surface area contributed by atoms with Crippen LogP contribution in [0, 0.1) is 10.1 Å². The Balaban J connectivity index is 1.95. The molecule has 132 valence electrons. The quantitative estimate of drug-likeness (QED) is 0.608. The molecule has 2 aliphatic heterocycles. The molecular weight excluding hydrogens is 334 g/mol. The van der Waals surface area contributed by atoms with Crippen molar-refractivity contribution >= 4 is 21.4 Å². The number of nitrogens with zero attached hydrogens (tertiary/aromatic N) is 3. The number of hydroxylamine groups is 1. The van der Waals surface area contributed by atoms with Crippen molar-refractivity contribution in [2.24, 2.45) is 0 Å². The minimum absolute atomic E-state index is 0.0307. The summed E-state index contributed by atoms with van der Waals surface area (Å²) in [7, 11) is -3.70. The molecule has 2 fully saturated rings. The maximum Gasteiger partial charge on any atom is 0.296 e. The summed E-state index contributed by atoms with van der Waals surface area (Å²) in [5, 5.41) is 12.9. The Labute approximate surface area is 141 Å². The molecule has 0 aromatic heterocycles. The van der Waals surface area contributed by atoms with Crippen LogP contribution < -0.4 is 5.06 Å². The number of nitro groups is 1. The summed E-state index contributed by atoms with van der Waals surface area (Å²) in [5.41, 5.74) is 0.0623. The number of benzene rings is 1. The Hall–Kier alpha value is -1.71. The van der Waals surface area contributed by atoms with Crippen LogP contribution in [0.4, 0.5) is 11.4 Å². The molecule has 24 heavy (non-hydrogen) atoms. The van der Waals surface area contributed by atoms with Crippen LogP contribution in [0.5, 0.6) is 0 Å². The van der Waals surface area contributed by atoms with Gasteiger partial charge >= 0.3 is 0 Å². The van der Waals surface area contributed by atoms with Crippen LogP contribution in [0.2, 0.25) is 0 Å². The Kier molecular flexibility index (Phi) is 5.02. The van der Waals surface area contributed by atoms with Crippen molar-refractivity contribution in [2.45, 2.75) is 37.0 Å². The second kappa shape index (κ2) is 7.04. The predicted molar refractivity (Wildman–Crippen MR) is 88.2 cm³/mol. The molecule has 2 aliphatic rings. The average molecular weight is 355 g/mol. The van der Waals surface area contributed by atoms with E-state index < -0.39 is 14.9 Å². The summed E-state index contributed by atoms with van der Waals surface area (Å²) in [4.78, 5) is 16.3. The molecule has 0 spiro atoms. The summed E-state index contributed by atoms with van der Waals surface area (Å²) in [6.45, 7) is 1.99. The third-order valence-corrected chi connectivity index (χ3v) is 6.26. The van der Waals surface area contributed by atoms with Crippen LogP contribution in [-0.4, -0.2) is 43.9 Å². The second-order valence-electron chi connectivity index (χ2n) is 6.01. The third-order valence-electron chi connectivity index (χ3n) is 4.37. The van der Waals surface area contributed by atoms with Gasteiger partial charge in [0.05, 0.1) is 16.4 Å². The first-order valence-electron chi connectivity index (χ1n) is 8.19. The topological polar surface area (TPSA) is 93.0 Å². The van der Waals surface area contributed by atoms with E-state index in [4.69, 9.17) is 4.84 Å². The molecule has 0 radical (unpaired) electrons. The van der Waals surface area contributed by atoms with Crippen molar-refractivity contribution in [3.8, 4) is 0 Å². The molecule has 3 rings (SSSR count). The van der Waals surface area contributed by atoms with E-state index in [0.29, 0.717) is 31.9 Å². The van der Waals surface area contributed by atoms with E-state index in [1.54, 1.807) is 0 Å². The summed E-state index contributed by atoms with van der Waals surface area (Å²) in [6.07, 6.45) is 4.44. The number of nitro benzene ring substituents is 1. The first-order chi connectivity index (χ1) is 11.5. The number of anilines is 1. The standard InChI is InChI=1S/C15H21N3O5S/c19-18(20)15-12-13(24(21,22)16-8-2-1-3-9-16)6-7-14(15)17-10-4-5-11-23-17/h6-7,12H,1-5,8-11H2. The number of piperidine rings is 1. The van der Waals surface area contributed by atoms with Crippen molar-refractivity contribution in [1.82, 2.24) is 4.31 Å². The molecule has 0 atom stereocenters. The van der Waals surface area contributed by atoms with Gasteiger partial charge < -0.3 is 0 Å². The summed E-state index contributed by atoms with van der Waals surface area (Å²) in [6, 6.07) is 4.06. The lowest BCUT2D eigenvalue weighted by Gasteiger charge is -2.28. The molecule has 0 amide bonds. The lowest BCUT2D eigenvalue weighted by Crippen LogP contribution is -2.35. The molecule has 2 saturated heterocycles. The average Bonchev–Trinajstić information content (AvgIpc) is 2.62. The zero-order valence-electron chi connectivity index (χ0n) is 13.4. The molecule has 2 heterocycles. The van der Waals surface area contributed by atoms with Gasteiger partial charge in [-0.25, -0.2) is 13.5 Å². The summed E-state index contributed by atoms with van der Waals surface area (Å²) in [5.74, 6) is 0. The van der Waals surface area contributed by atoms with Gasteiger partial charge in [0.1, 0.15) is 5.69 Å². The zero-order chi connectivity index (χ0) is 17.2. The fraction of sp³-hybridized carbons (Fsp3) is 0.600. The van der Waals surface area contributed by atoms with Gasteiger partial charge in [-0.1, -0.05) is 6.42 Å². The molecule has 9 heteroatoms. The molecule has 0 bridgehead atoms. The smallest absolute Gasteiger partial charge is 0.273 e. The predicted octanol–water partition coefficient (Wildman–Crippen LogP) is 2.30. The molecule has 1 aromatic carbocycles. The highest BCUT2D eigenvalue weighted by atomic mass is 32.2. The van der Waals surface area contributed by atoms with Crippen LogP contribution >= 0.6 is 0 Å². The van der Waals surface area contributed by atoms with E-state index in [9.17, 15) is 18.5 Å². The molecule has 0 saturated carbocycles. The Morgan fingerprint density at radius 3 is 2.38 bits per heavy atom. The van der Waals surface area contributed by atoms with E-state index in [1.807, 2.05) is 0 Å². The van der Waals surface area contributed by atoms with Crippen LogP contribution in [-0.2, 0) is 14.9 Å². The molecule has 1 aromatic rings. The normalized spacial score (nSPS) is 20.1. The second-order valence-corrected chi connectivity index (χ2v) is 7.95. The molecule has 0 unspecified atom stereocenters. The number of hydrogen-bond donors (Lipinski definition) is 0. The van der Waals surface area contributed by atoms with E-state index in [1.165, 1.54) is 21.5 Å². The summed E-state index contributed by atoms with van der Waals surface area (Å²) >= 11 is 0. The van der Waals surface area contributed by atoms with E-state index in [2.05, 4.69) is 0 Å². The Morgan fingerprint density at radius 2 is 1.75 bits per heavy atom. The van der Waals surface area contributed by atoms with Crippen LogP contribution in [0.3, 0.4) is 0 Å². The van der Waals surface area contributed by atoms with Gasteiger partial charge in [0.15, 0.2) is 0 Å². The van der Waals surface area contributed by atoms with Gasteiger partial charge in [0, 0.05) is 25.7 Å². The minimum Gasteiger partial charge on any atom is -0.273 e. The lowest BCUT2D eigenvalue weighted by atomic mass is 10.2. The summed E-state index contributed by atoms with van der Waals surface area (Å²) < 4.78 is 26.8. The van der Waals surface area contributed by atoms with E-state index >= 15 is 0 Å². The maximum atomic E-state index is 12.7. The highest BCUT2D eigenvalue weighted by molar-refractivity contribution is 7.89. The van der Waals surface area contributed by atoms with Gasteiger partial charge in [0.25, 0.3) is 5.69 Å². The largest absolute Gasteiger partial charge is 0.296 e. The molecular formula is C15H21N3O5S. The number of sulfonamides is 1. The van der Waals surface area contributed by atoms with Gasteiger partial charge in [-0.05, 0) is 37.8 Å². The van der Waals surface area contributed by atoms with Crippen molar-refractivity contribution < 1.29 is 18.2 Å². The van der Waals surface area contributed by atoms with Crippen molar-refractivity contribution in [2.75, 3.05) is 31.3 Å². The monoisotopic (exact) mass is 355 g/mol. The van der Waals surface area contributed by atoms with Crippen molar-refractivity contribution in [3.63, 3.8) is 0 Å². The Bertz CT molecular complexity index is 710. The van der Waals surface area contributed by atoms with Crippen LogP contribution in [0.15, 0.2) is 23.1 Å². The number of hydrogen-bond acceptors (Lipinski definition) is 6. The van der Waals surface area contributed by atoms with Gasteiger partial charge in [0.2, 0.25) is 10.0 Å². The van der Waals surface area contributed by atoms with Crippen molar-refractivity contribution in [1.29, 1.82) is 0 Å². The zero-order valence-corrected chi connectivity index (χ0v) is 14.2. The SMILES string of the molecule is O=[N+]([O-])c1cc(S(=O)(=O)N2CCCCC2)ccc1N1CCCCO1. The minimum atomic E-state index is -3.70. The van der Waals surface area contributed by atoms with Gasteiger partial charge in [-0.2, -0.15) is 4.31 Å². The van der Waals surface area contributed by atoms with Crippen LogP contribution in [0.1, 0.15) is 32.1 Å². The number of rotatable bonds is 4. The fourth-order valence-corrected chi connectivity index (χ4v) is 4.60. The molecule has 0 N–H and O–H groups in total. The molecule has 8 nitrogen and oxygen atoms in total. The van der Waals surface area contributed by atoms with Gasteiger partial charge in [-0.3, -0.25) is 15.0 Å². The maximum absolute atomic E-state index is 12.7. The first-order valence-corrected chi connectivity index (χ1v) is 9.63. The lowest BCUT2D eigenvalue weighted by molar-refractivity contribution is -0.384. The van der Waals surface area contributed by atoms with E-state index in [-0.39, 0.29) is 10.6 Å². The third kappa shape index (κ3) is 3.38. The first kappa shape index (κ1) is 17.1. The van der Waals surface area contributed by atoms with Crippen molar-refractivity contribution in [3.05, 3.63) is 28.3 Å². The van der Waals surface area contributed by atoms with E-state index in [0.717, 1.165) is 38.2 Å². The van der Waals surface area contributed by atoms with Gasteiger partial charge in [-0.15, -0.1) is 0 Å². The fourth-order valence-electron chi connectivity index (χ4n) is 3.06. The molecule has 0 aliphatic carbocycles. The highest BCUT2D eigenvalue weighted by Crippen LogP contribution is 2.33. The Morgan fingerprint density at radius 1 is 1.04 bits per heavy atom. The highest BCUT2D eigenvalue weighted by Gasteiger charge is 2.30. The van der Waals surface area contributed by atoms with Crippen LogP contribution in [0.25, 0.3) is 0 Å².